The highest BCUT2D eigenvalue weighted by Crippen LogP contribution is 2.36. The van der Waals surface area contributed by atoms with Gasteiger partial charge in [-0.25, -0.2) is 8.42 Å². The molecule has 1 atom stereocenters. The fourth-order valence-corrected chi connectivity index (χ4v) is 4.81. The lowest BCUT2D eigenvalue weighted by molar-refractivity contribution is -0.137. The van der Waals surface area contributed by atoms with Gasteiger partial charge in [0.15, 0.2) is 6.10 Å². The predicted molar refractivity (Wildman–Crippen MR) is 119 cm³/mol. The first-order valence-corrected chi connectivity index (χ1v) is 12.3. The number of hydrogen-bond acceptors (Lipinski definition) is 4. The number of hydrogen-bond donors (Lipinski definition) is 2. The van der Waals surface area contributed by atoms with Gasteiger partial charge >= 0.3 is 6.18 Å². The summed E-state index contributed by atoms with van der Waals surface area (Å²) in [5, 5.41) is 2.43. The lowest BCUT2D eigenvalue weighted by Crippen LogP contribution is -2.43. The van der Waals surface area contributed by atoms with Crippen molar-refractivity contribution in [2.24, 2.45) is 0 Å². The molecule has 11 heteroatoms. The summed E-state index contributed by atoms with van der Waals surface area (Å²) in [5.41, 5.74) is -1.42. The average molecular weight is 505 g/mol. The van der Waals surface area contributed by atoms with Crippen LogP contribution in [-0.2, 0) is 21.0 Å². The first kappa shape index (κ1) is 25.2. The number of sulfonamides is 1. The number of nitrogens with one attached hydrogen (secondary N) is 2. The Bertz CT molecular complexity index is 1090. The minimum Gasteiger partial charge on any atom is -0.481 e. The summed E-state index contributed by atoms with van der Waals surface area (Å²) in [6.45, 7) is 1.60. The van der Waals surface area contributed by atoms with Gasteiger partial charge in [0, 0.05) is 11.7 Å². The highest BCUT2D eigenvalue weighted by atomic mass is 35.5. The van der Waals surface area contributed by atoms with E-state index in [1.807, 2.05) is 0 Å². The molecule has 6 nitrogen and oxygen atoms in total. The van der Waals surface area contributed by atoms with E-state index in [0.717, 1.165) is 37.8 Å². The first-order chi connectivity index (χ1) is 15.5. The quantitative estimate of drug-likeness (QED) is 0.530. The molecule has 0 unspecified atom stereocenters. The number of halogens is 4. The van der Waals surface area contributed by atoms with Crippen LogP contribution in [0.1, 0.15) is 44.6 Å². The molecule has 1 amide bonds. The third-order valence-electron chi connectivity index (χ3n) is 5.29. The maximum Gasteiger partial charge on any atom is 0.417 e. The molecule has 0 aliphatic heterocycles. The zero-order valence-electron chi connectivity index (χ0n) is 17.8. The SMILES string of the molecule is C[C@@H](Oc1ccc(S(=O)(=O)Nc2ccc(Cl)c(C(F)(F)F)c2)cc1)C(=O)NC1CCCCC1. The zero-order valence-corrected chi connectivity index (χ0v) is 19.4. The standard InChI is InChI=1S/C22H24ClF3N2O4S/c1-14(21(29)27-15-5-3-2-4-6-15)32-17-8-10-18(11-9-17)33(30,31)28-16-7-12-20(23)19(13-16)22(24,25)26/h7-15,28H,2-6H2,1H3,(H,27,29)/t14-/m1/s1. The molecule has 1 aliphatic carbocycles. The van der Waals surface area contributed by atoms with Crippen LogP contribution >= 0.6 is 11.6 Å². The molecule has 2 aromatic carbocycles. The van der Waals surface area contributed by atoms with Crippen LogP contribution in [0.2, 0.25) is 5.02 Å². The summed E-state index contributed by atoms with van der Waals surface area (Å²) in [5.74, 6) is 0.0366. The van der Waals surface area contributed by atoms with Crippen LogP contribution in [-0.4, -0.2) is 26.5 Å². The van der Waals surface area contributed by atoms with Crippen molar-refractivity contribution >= 4 is 33.2 Å². The monoisotopic (exact) mass is 504 g/mol. The minimum atomic E-state index is -4.72. The van der Waals surface area contributed by atoms with E-state index in [2.05, 4.69) is 10.0 Å². The second-order valence-corrected chi connectivity index (χ2v) is 9.96. The molecule has 0 spiro atoms. The van der Waals surface area contributed by atoms with E-state index in [4.69, 9.17) is 16.3 Å². The van der Waals surface area contributed by atoms with E-state index in [1.165, 1.54) is 30.7 Å². The number of anilines is 1. The van der Waals surface area contributed by atoms with E-state index in [1.54, 1.807) is 6.92 Å². The van der Waals surface area contributed by atoms with Crippen molar-refractivity contribution in [1.82, 2.24) is 5.32 Å². The molecule has 33 heavy (non-hydrogen) atoms. The highest BCUT2D eigenvalue weighted by Gasteiger charge is 2.33. The number of carbonyl (C=O) groups excluding carboxylic acids is 1. The summed E-state index contributed by atoms with van der Waals surface area (Å²) in [7, 11) is -4.16. The molecular formula is C22H24ClF3N2O4S. The van der Waals surface area contributed by atoms with Gasteiger partial charge in [-0.15, -0.1) is 0 Å². The van der Waals surface area contributed by atoms with Gasteiger partial charge in [-0.2, -0.15) is 13.2 Å². The van der Waals surface area contributed by atoms with Gasteiger partial charge in [0.2, 0.25) is 0 Å². The van der Waals surface area contributed by atoms with Gasteiger partial charge in [0.05, 0.1) is 15.5 Å². The van der Waals surface area contributed by atoms with Crippen molar-refractivity contribution in [3.05, 3.63) is 53.1 Å². The predicted octanol–water partition coefficient (Wildman–Crippen LogP) is 5.38. The van der Waals surface area contributed by atoms with E-state index in [-0.39, 0.29) is 28.3 Å². The fraction of sp³-hybridized carbons (Fsp3) is 0.409. The highest BCUT2D eigenvalue weighted by molar-refractivity contribution is 7.92. The van der Waals surface area contributed by atoms with Gasteiger partial charge in [0.1, 0.15) is 5.75 Å². The minimum absolute atomic E-state index is 0.140. The molecule has 0 saturated heterocycles. The summed E-state index contributed by atoms with van der Waals surface area (Å²) >= 11 is 5.57. The molecular weight excluding hydrogens is 481 g/mol. The Kier molecular flexibility index (Phi) is 7.79. The van der Waals surface area contributed by atoms with Crippen molar-refractivity contribution in [2.75, 3.05) is 4.72 Å². The number of carbonyl (C=O) groups is 1. The lowest BCUT2D eigenvalue weighted by atomic mass is 9.95. The topological polar surface area (TPSA) is 84.5 Å². The lowest BCUT2D eigenvalue weighted by Gasteiger charge is -2.24. The van der Waals surface area contributed by atoms with Crippen molar-refractivity contribution < 1.29 is 31.1 Å². The van der Waals surface area contributed by atoms with Crippen LogP contribution in [0.4, 0.5) is 18.9 Å². The normalized spacial score (nSPS) is 16.2. The number of benzene rings is 2. The van der Waals surface area contributed by atoms with Crippen LogP contribution in [0.15, 0.2) is 47.4 Å². The number of ether oxygens (including phenoxy) is 1. The Morgan fingerprint density at radius 3 is 2.33 bits per heavy atom. The maximum atomic E-state index is 13.0. The smallest absolute Gasteiger partial charge is 0.417 e. The van der Waals surface area contributed by atoms with E-state index in [9.17, 15) is 26.4 Å². The van der Waals surface area contributed by atoms with Gasteiger partial charge in [-0.3, -0.25) is 9.52 Å². The average Bonchev–Trinajstić information content (AvgIpc) is 2.75. The van der Waals surface area contributed by atoms with Crippen LogP contribution < -0.4 is 14.8 Å². The van der Waals surface area contributed by atoms with Crippen molar-refractivity contribution in [1.29, 1.82) is 0 Å². The van der Waals surface area contributed by atoms with E-state index < -0.39 is 32.9 Å². The summed E-state index contributed by atoms with van der Waals surface area (Å²) in [6.07, 6.45) is -0.286. The number of amides is 1. The van der Waals surface area contributed by atoms with Gasteiger partial charge in [-0.05, 0) is 62.2 Å². The maximum absolute atomic E-state index is 13.0. The van der Waals surface area contributed by atoms with Gasteiger partial charge in [-0.1, -0.05) is 30.9 Å². The second kappa shape index (κ2) is 10.2. The molecule has 1 saturated carbocycles. The second-order valence-electron chi connectivity index (χ2n) is 7.87. The molecule has 1 fully saturated rings. The molecule has 2 aromatic rings. The Labute approximate surface area is 195 Å². The number of alkyl halides is 3. The Morgan fingerprint density at radius 1 is 1.09 bits per heavy atom. The summed E-state index contributed by atoms with van der Waals surface area (Å²) < 4.78 is 71.9. The molecule has 0 radical (unpaired) electrons. The largest absolute Gasteiger partial charge is 0.481 e. The Morgan fingerprint density at radius 2 is 1.73 bits per heavy atom. The molecule has 3 rings (SSSR count). The van der Waals surface area contributed by atoms with Crippen molar-refractivity contribution in [3.8, 4) is 5.75 Å². The van der Waals surface area contributed by atoms with Gasteiger partial charge in [0.25, 0.3) is 15.9 Å². The van der Waals surface area contributed by atoms with Crippen LogP contribution in [0.3, 0.4) is 0 Å². The Hall–Kier alpha value is -2.46. The third kappa shape index (κ3) is 6.77. The molecule has 0 heterocycles. The molecule has 0 aromatic heterocycles. The summed E-state index contributed by atoms with van der Waals surface area (Å²) in [6, 6.07) is 8.11. The zero-order chi connectivity index (χ0) is 24.2. The molecule has 180 valence electrons. The van der Waals surface area contributed by atoms with Crippen LogP contribution in [0.25, 0.3) is 0 Å². The van der Waals surface area contributed by atoms with E-state index in [0.29, 0.717) is 6.07 Å². The van der Waals surface area contributed by atoms with Crippen molar-refractivity contribution in [2.45, 2.75) is 62.2 Å². The molecule has 2 N–H and O–H groups in total. The van der Waals surface area contributed by atoms with E-state index >= 15 is 0 Å². The molecule has 1 aliphatic rings. The summed E-state index contributed by atoms with van der Waals surface area (Å²) in [4.78, 5) is 12.2. The van der Waals surface area contributed by atoms with Crippen LogP contribution in [0, 0.1) is 0 Å². The fourth-order valence-electron chi connectivity index (χ4n) is 3.54. The first-order valence-electron chi connectivity index (χ1n) is 10.4. The van der Waals surface area contributed by atoms with Crippen LogP contribution in [0.5, 0.6) is 5.75 Å². The Balaban J connectivity index is 1.64. The van der Waals surface area contributed by atoms with Gasteiger partial charge < -0.3 is 10.1 Å². The third-order valence-corrected chi connectivity index (χ3v) is 7.02. The molecule has 0 bridgehead atoms. The van der Waals surface area contributed by atoms with Crippen molar-refractivity contribution in [3.63, 3.8) is 0 Å². The number of rotatable bonds is 7.